The first kappa shape index (κ1) is 13.1. The Kier molecular flexibility index (Phi) is 3.21. The minimum absolute atomic E-state index is 0.0406. The number of barbiturate groups is 1. The van der Waals surface area contributed by atoms with Crippen LogP contribution in [-0.4, -0.2) is 52.8 Å². The van der Waals surface area contributed by atoms with Gasteiger partial charge < -0.3 is 5.11 Å². The third-order valence-corrected chi connectivity index (χ3v) is 3.06. The molecule has 1 aliphatic rings. The molecule has 0 aromatic carbocycles. The number of nitrogens with zero attached hydrogens (tertiary/aromatic N) is 2. The van der Waals surface area contributed by atoms with Crippen LogP contribution in [0.2, 0.25) is 0 Å². The van der Waals surface area contributed by atoms with Gasteiger partial charge in [0.05, 0.1) is 6.42 Å². The van der Waals surface area contributed by atoms with Gasteiger partial charge in [0, 0.05) is 14.1 Å². The molecule has 4 amide bonds. The van der Waals surface area contributed by atoms with E-state index in [1.807, 2.05) is 0 Å². The van der Waals surface area contributed by atoms with Crippen LogP contribution in [0, 0.1) is 5.41 Å². The molecule has 0 aromatic heterocycles. The van der Waals surface area contributed by atoms with Crippen LogP contribution in [0.1, 0.15) is 19.8 Å². The number of aliphatic carboxylic acids is 1. The van der Waals surface area contributed by atoms with E-state index in [1.165, 1.54) is 14.1 Å². The fourth-order valence-electron chi connectivity index (χ4n) is 1.97. The summed E-state index contributed by atoms with van der Waals surface area (Å²) in [6.07, 6.45) is -0.567. The number of carboxylic acid groups (broad SMARTS) is 1. The molecule has 0 aliphatic carbocycles. The molecule has 0 atom stereocenters. The van der Waals surface area contributed by atoms with E-state index in [0.717, 1.165) is 9.80 Å². The van der Waals surface area contributed by atoms with Gasteiger partial charge in [0.25, 0.3) is 0 Å². The molecule has 0 spiro atoms. The van der Waals surface area contributed by atoms with E-state index in [0.29, 0.717) is 0 Å². The Morgan fingerprint density at radius 1 is 1.18 bits per heavy atom. The van der Waals surface area contributed by atoms with Crippen LogP contribution in [0.5, 0.6) is 0 Å². The summed E-state index contributed by atoms with van der Waals surface area (Å²) in [4.78, 5) is 47.8. The van der Waals surface area contributed by atoms with Gasteiger partial charge >= 0.3 is 12.0 Å². The van der Waals surface area contributed by atoms with Crippen LogP contribution in [0.15, 0.2) is 0 Å². The zero-order valence-corrected chi connectivity index (χ0v) is 9.89. The monoisotopic (exact) mass is 242 g/mol. The zero-order chi connectivity index (χ0) is 13.4. The predicted octanol–water partition coefficient (Wildman–Crippen LogP) is -0.0921. The maximum absolute atomic E-state index is 12.0. The van der Waals surface area contributed by atoms with Gasteiger partial charge in [0.2, 0.25) is 11.8 Å². The molecule has 1 saturated heterocycles. The van der Waals surface area contributed by atoms with Gasteiger partial charge in [-0.05, 0) is 6.42 Å². The topological polar surface area (TPSA) is 95.0 Å². The Labute approximate surface area is 98.0 Å². The number of urea groups is 1. The second kappa shape index (κ2) is 4.15. The molecule has 94 valence electrons. The Balaban J connectivity index is 3.27. The van der Waals surface area contributed by atoms with Crippen LogP contribution in [-0.2, 0) is 14.4 Å². The predicted molar refractivity (Wildman–Crippen MR) is 55.9 cm³/mol. The van der Waals surface area contributed by atoms with E-state index in [9.17, 15) is 19.2 Å². The number of carboxylic acids is 1. The smallest absolute Gasteiger partial charge is 0.332 e. The summed E-state index contributed by atoms with van der Waals surface area (Å²) in [5.41, 5.74) is -1.66. The minimum Gasteiger partial charge on any atom is -0.481 e. The summed E-state index contributed by atoms with van der Waals surface area (Å²) < 4.78 is 0. The van der Waals surface area contributed by atoms with E-state index < -0.39 is 35.7 Å². The van der Waals surface area contributed by atoms with Gasteiger partial charge in [-0.15, -0.1) is 0 Å². The molecule has 1 N–H and O–H groups in total. The largest absolute Gasteiger partial charge is 0.481 e. The average molecular weight is 242 g/mol. The Morgan fingerprint density at radius 3 is 1.88 bits per heavy atom. The molecular weight excluding hydrogens is 228 g/mol. The summed E-state index contributed by atoms with van der Waals surface area (Å²) in [7, 11) is 2.47. The molecule has 17 heavy (non-hydrogen) atoms. The average Bonchev–Trinajstić information content (AvgIpc) is 2.29. The number of carbonyl (C=O) groups is 4. The molecule has 1 heterocycles. The van der Waals surface area contributed by atoms with E-state index in [4.69, 9.17) is 5.11 Å². The van der Waals surface area contributed by atoms with Gasteiger partial charge in [0.15, 0.2) is 0 Å². The zero-order valence-electron chi connectivity index (χ0n) is 9.89. The molecule has 7 nitrogen and oxygen atoms in total. The summed E-state index contributed by atoms with van der Waals surface area (Å²) in [6.45, 7) is 1.55. The highest BCUT2D eigenvalue weighted by Crippen LogP contribution is 2.35. The van der Waals surface area contributed by atoms with E-state index in [-0.39, 0.29) is 6.42 Å². The van der Waals surface area contributed by atoms with Crippen molar-refractivity contribution in [2.45, 2.75) is 19.8 Å². The lowest BCUT2D eigenvalue weighted by atomic mass is 9.77. The minimum atomic E-state index is -1.66. The number of hydrogen-bond donors (Lipinski definition) is 1. The lowest BCUT2D eigenvalue weighted by Crippen LogP contribution is -2.63. The van der Waals surface area contributed by atoms with Crippen LogP contribution in [0.25, 0.3) is 0 Å². The highest BCUT2D eigenvalue weighted by molar-refractivity contribution is 6.19. The van der Waals surface area contributed by atoms with Gasteiger partial charge in [-0.1, -0.05) is 6.92 Å². The number of carbonyl (C=O) groups excluding carboxylic acids is 3. The molecule has 1 rings (SSSR count). The van der Waals surface area contributed by atoms with Crippen molar-refractivity contribution >= 4 is 23.8 Å². The molecule has 0 saturated carbocycles. The third-order valence-electron chi connectivity index (χ3n) is 3.06. The second-order valence-corrected chi connectivity index (χ2v) is 4.02. The first-order valence-electron chi connectivity index (χ1n) is 5.10. The molecule has 0 unspecified atom stereocenters. The highest BCUT2D eigenvalue weighted by Gasteiger charge is 2.55. The van der Waals surface area contributed by atoms with Gasteiger partial charge in [-0.25, -0.2) is 4.79 Å². The van der Waals surface area contributed by atoms with Crippen molar-refractivity contribution in [2.24, 2.45) is 5.41 Å². The molecule has 0 bridgehead atoms. The quantitative estimate of drug-likeness (QED) is 0.698. The Morgan fingerprint density at radius 2 is 1.59 bits per heavy atom. The lowest BCUT2D eigenvalue weighted by molar-refractivity contribution is -0.163. The number of hydrogen-bond acceptors (Lipinski definition) is 4. The normalized spacial score (nSPS) is 19.8. The van der Waals surface area contributed by atoms with Gasteiger partial charge in [0.1, 0.15) is 5.41 Å². The molecule has 0 aromatic rings. The second-order valence-electron chi connectivity index (χ2n) is 4.02. The number of imide groups is 2. The fourth-order valence-corrected chi connectivity index (χ4v) is 1.97. The standard InChI is InChI=1S/C10H14N2O5/c1-4-10(5-6(13)14)7(15)11(2)9(17)12(3)8(10)16/h4-5H2,1-3H3,(H,13,14). The van der Waals surface area contributed by atoms with Gasteiger partial charge in [-0.2, -0.15) is 0 Å². The summed E-state index contributed by atoms with van der Waals surface area (Å²) in [5.74, 6) is -2.75. The SMILES string of the molecule is CCC1(CC(=O)O)C(=O)N(C)C(=O)N(C)C1=O. The van der Waals surface area contributed by atoms with Crippen molar-refractivity contribution in [3.63, 3.8) is 0 Å². The van der Waals surface area contributed by atoms with Gasteiger partial charge in [-0.3, -0.25) is 24.2 Å². The summed E-state index contributed by atoms with van der Waals surface area (Å²) in [5, 5.41) is 8.81. The van der Waals surface area contributed by atoms with Crippen molar-refractivity contribution < 1.29 is 24.3 Å². The maximum atomic E-state index is 12.0. The van der Waals surface area contributed by atoms with Crippen molar-refractivity contribution in [1.29, 1.82) is 0 Å². The van der Waals surface area contributed by atoms with Crippen LogP contribution < -0.4 is 0 Å². The van der Waals surface area contributed by atoms with Crippen LogP contribution in [0.4, 0.5) is 4.79 Å². The molecular formula is C10H14N2O5. The molecule has 7 heteroatoms. The first-order chi connectivity index (χ1) is 7.77. The number of rotatable bonds is 3. The lowest BCUT2D eigenvalue weighted by Gasteiger charge is -2.40. The van der Waals surface area contributed by atoms with Crippen molar-refractivity contribution in [3.05, 3.63) is 0 Å². The molecule has 0 radical (unpaired) electrons. The van der Waals surface area contributed by atoms with Crippen LogP contribution >= 0.6 is 0 Å². The van der Waals surface area contributed by atoms with Crippen molar-refractivity contribution in [3.8, 4) is 0 Å². The Bertz CT molecular complexity index is 380. The van der Waals surface area contributed by atoms with E-state index in [1.54, 1.807) is 6.92 Å². The number of amides is 4. The fraction of sp³-hybridized carbons (Fsp3) is 0.600. The van der Waals surface area contributed by atoms with Crippen molar-refractivity contribution in [2.75, 3.05) is 14.1 Å². The Hall–Kier alpha value is -1.92. The molecule has 1 fully saturated rings. The summed E-state index contributed by atoms with van der Waals surface area (Å²) >= 11 is 0. The third kappa shape index (κ3) is 1.77. The van der Waals surface area contributed by atoms with Crippen molar-refractivity contribution in [1.82, 2.24) is 9.80 Å². The maximum Gasteiger partial charge on any atom is 0.332 e. The summed E-state index contributed by atoms with van der Waals surface area (Å²) in [6, 6.07) is -0.741. The molecule has 1 aliphatic heterocycles. The van der Waals surface area contributed by atoms with E-state index in [2.05, 4.69) is 0 Å². The van der Waals surface area contributed by atoms with Crippen LogP contribution in [0.3, 0.4) is 0 Å². The van der Waals surface area contributed by atoms with E-state index >= 15 is 0 Å². The highest BCUT2D eigenvalue weighted by atomic mass is 16.4. The first-order valence-corrected chi connectivity index (χ1v) is 5.10.